The van der Waals surface area contributed by atoms with Crippen molar-refractivity contribution in [1.82, 2.24) is 9.44 Å². The van der Waals surface area contributed by atoms with Crippen LogP contribution in [0, 0.1) is 0 Å². The number of nitrogens with one attached hydrogen (secondary N) is 2. The maximum Gasteiger partial charge on any atom is 0.304 e. The molecule has 0 aliphatic rings. The van der Waals surface area contributed by atoms with Crippen LogP contribution in [0.2, 0.25) is 0 Å². The first-order valence-corrected chi connectivity index (χ1v) is 6.87. The predicted molar refractivity (Wildman–Crippen MR) is 62.9 cm³/mol. The molecule has 102 valence electrons. The van der Waals surface area contributed by atoms with Gasteiger partial charge in [0.05, 0.1) is 13.0 Å². The van der Waals surface area contributed by atoms with Gasteiger partial charge in [0, 0.05) is 19.7 Å². The van der Waals surface area contributed by atoms with Crippen molar-refractivity contribution in [1.29, 1.82) is 0 Å². The van der Waals surface area contributed by atoms with E-state index in [1.54, 1.807) is 0 Å². The number of hydrogen-bond donors (Lipinski definition) is 3. The zero-order valence-corrected chi connectivity index (χ0v) is 10.9. The van der Waals surface area contributed by atoms with Gasteiger partial charge in [-0.1, -0.05) is 13.3 Å². The number of methoxy groups -OCH3 is 1. The molecule has 0 aliphatic heterocycles. The van der Waals surface area contributed by atoms with Gasteiger partial charge >= 0.3 is 5.97 Å². The van der Waals surface area contributed by atoms with Crippen molar-refractivity contribution in [3.8, 4) is 0 Å². The van der Waals surface area contributed by atoms with E-state index in [1.165, 1.54) is 7.11 Å². The normalized spacial score (nSPS) is 13.5. The Morgan fingerprint density at radius 3 is 2.59 bits per heavy atom. The van der Waals surface area contributed by atoms with Crippen molar-refractivity contribution < 1.29 is 23.1 Å². The maximum absolute atomic E-state index is 11.5. The third-order valence-electron chi connectivity index (χ3n) is 1.98. The highest BCUT2D eigenvalue weighted by Crippen LogP contribution is 2.03. The quantitative estimate of drug-likeness (QED) is 0.472. The SMILES string of the molecule is CCCC(CC(=O)O)NS(=O)(=O)NCCOC. The van der Waals surface area contributed by atoms with Gasteiger partial charge in [-0.25, -0.2) is 0 Å². The van der Waals surface area contributed by atoms with Gasteiger partial charge in [-0.15, -0.1) is 0 Å². The van der Waals surface area contributed by atoms with Crippen LogP contribution in [0.25, 0.3) is 0 Å². The summed E-state index contributed by atoms with van der Waals surface area (Å²) in [5.41, 5.74) is 0. The van der Waals surface area contributed by atoms with E-state index in [0.717, 1.165) is 0 Å². The predicted octanol–water partition coefficient (Wildman–Crippen LogP) is -0.300. The van der Waals surface area contributed by atoms with E-state index in [2.05, 4.69) is 9.44 Å². The Labute approximate surface area is 102 Å². The maximum atomic E-state index is 11.5. The molecule has 3 N–H and O–H groups in total. The largest absolute Gasteiger partial charge is 0.481 e. The first-order valence-electron chi connectivity index (χ1n) is 5.39. The molecule has 17 heavy (non-hydrogen) atoms. The fourth-order valence-electron chi connectivity index (χ4n) is 1.30. The highest BCUT2D eigenvalue weighted by atomic mass is 32.2. The van der Waals surface area contributed by atoms with Gasteiger partial charge in [0.1, 0.15) is 0 Å². The van der Waals surface area contributed by atoms with Gasteiger partial charge in [-0.05, 0) is 6.42 Å². The van der Waals surface area contributed by atoms with Crippen molar-refractivity contribution >= 4 is 16.2 Å². The molecule has 0 rings (SSSR count). The molecule has 0 heterocycles. The summed E-state index contributed by atoms with van der Waals surface area (Å²) in [6, 6.07) is -0.586. The number of rotatable bonds is 10. The molecule has 0 saturated heterocycles. The second kappa shape index (κ2) is 8.40. The Kier molecular flexibility index (Phi) is 8.05. The van der Waals surface area contributed by atoms with Crippen LogP contribution in [0.4, 0.5) is 0 Å². The zero-order chi connectivity index (χ0) is 13.3. The average Bonchev–Trinajstić information content (AvgIpc) is 2.16. The number of ether oxygens (including phenoxy) is 1. The highest BCUT2D eigenvalue weighted by Gasteiger charge is 2.19. The van der Waals surface area contributed by atoms with Crippen molar-refractivity contribution in [2.24, 2.45) is 0 Å². The van der Waals surface area contributed by atoms with E-state index in [1.807, 2.05) is 6.92 Å². The lowest BCUT2D eigenvalue weighted by atomic mass is 10.1. The van der Waals surface area contributed by atoms with Crippen LogP contribution in [0.1, 0.15) is 26.2 Å². The lowest BCUT2D eigenvalue weighted by Gasteiger charge is -2.16. The lowest BCUT2D eigenvalue weighted by Crippen LogP contribution is -2.44. The van der Waals surface area contributed by atoms with Crippen LogP contribution >= 0.6 is 0 Å². The summed E-state index contributed by atoms with van der Waals surface area (Å²) >= 11 is 0. The molecule has 8 heteroatoms. The van der Waals surface area contributed by atoms with E-state index < -0.39 is 22.2 Å². The summed E-state index contributed by atoms with van der Waals surface area (Å²) in [6.45, 7) is 2.28. The molecule has 0 aromatic heterocycles. The summed E-state index contributed by atoms with van der Waals surface area (Å²) in [5, 5.41) is 8.65. The van der Waals surface area contributed by atoms with Crippen LogP contribution in [0.15, 0.2) is 0 Å². The summed E-state index contributed by atoms with van der Waals surface area (Å²) in [5.74, 6) is -1.02. The van der Waals surface area contributed by atoms with Crippen molar-refractivity contribution in [3.05, 3.63) is 0 Å². The van der Waals surface area contributed by atoms with Gasteiger partial charge in [-0.2, -0.15) is 17.9 Å². The fraction of sp³-hybridized carbons (Fsp3) is 0.889. The van der Waals surface area contributed by atoms with E-state index in [0.29, 0.717) is 12.8 Å². The van der Waals surface area contributed by atoms with Crippen LogP contribution in [0.3, 0.4) is 0 Å². The van der Waals surface area contributed by atoms with Gasteiger partial charge in [0.25, 0.3) is 10.2 Å². The Morgan fingerprint density at radius 2 is 2.12 bits per heavy atom. The molecule has 0 aromatic rings. The fourth-order valence-corrected chi connectivity index (χ4v) is 2.38. The standard InChI is InChI=1S/C9H20N2O5S/c1-3-4-8(7-9(12)13)11-17(14,15)10-5-6-16-2/h8,10-11H,3-7H2,1-2H3,(H,12,13). The van der Waals surface area contributed by atoms with Crippen LogP contribution < -0.4 is 9.44 Å². The molecule has 0 fully saturated rings. The van der Waals surface area contributed by atoms with Gasteiger partial charge < -0.3 is 9.84 Å². The number of hydrogen-bond acceptors (Lipinski definition) is 4. The Balaban J connectivity index is 4.25. The van der Waals surface area contributed by atoms with Crippen molar-refractivity contribution in [2.45, 2.75) is 32.2 Å². The van der Waals surface area contributed by atoms with Gasteiger partial charge in [-0.3, -0.25) is 4.79 Å². The molecule has 0 aliphatic carbocycles. The Hall–Kier alpha value is -0.700. The molecule has 0 radical (unpaired) electrons. The Morgan fingerprint density at radius 1 is 1.47 bits per heavy atom. The first-order chi connectivity index (χ1) is 7.91. The molecule has 0 aromatic carbocycles. The summed E-state index contributed by atoms with van der Waals surface area (Å²) in [7, 11) is -2.20. The molecule has 7 nitrogen and oxygen atoms in total. The molecule has 0 bridgehead atoms. The molecule has 0 amide bonds. The van der Waals surface area contributed by atoms with Crippen molar-refractivity contribution in [2.75, 3.05) is 20.3 Å². The number of carboxylic acid groups (broad SMARTS) is 1. The summed E-state index contributed by atoms with van der Waals surface area (Å²) in [4.78, 5) is 10.6. The topological polar surface area (TPSA) is 105 Å². The molecular weight excluding hydrogens is 248 g/mol. The number of carbonyl (C=O) groups is 1. The molecule has 1 atom stereocenters. The van der Waals surface area contributed by atoms with Crippen LogP contribution in [-0.2, 0) is 19.7 Å². The van der Waals surface area contributed by atoms with Crippen LogP contribution in [-0.4, -0.2) is 45.8 Å². The minimum atomic E-state index is -3.66. The van der Waals surface area contributed by atoms with E-state index in [-0.39, 0.29) is 19.6 Å². The smallest absolute Gasteiger partial charge is 0.304 e. The second-order valence-corrected chi connectivity index (χ2v) is 5.12. The molecular formula is C9H20N2O5S. The summed E-state index contributed by atoms with van der Waals surface area (Å²) < 4.78 is 32.3. The van der Waals surface area contributed by atoms with Gasteiger partial charge in [0.2, 0.25) is 0 Å². The molecule has 0 saturated carbocycles. The third kappa shape index (κ3) is 9.04. The monoisotopic (exact) mass is 268 g/mol. The third-order valence-corrected chi connectivity index (χ3v) is 3.21. The summed E-state index contributed by atoms with van der Waals surface area (Å²) in [6.07, 6.45) is 0.967. The van der Waals surface area contributed by atoms with Crippen LogP contribution in [0.5, 0.6) is 0 Å². The average molecular weight is 268 g/mol. The molecule has 1 unspecified atom stereocenters. The van der Waals surface area contributed by atoms with Gasteiger partial charge in [0.15, 0.2) is 0 Å². The minimum absolute atomic E-state index is 0.151. The second-order valence-electron chi connectivity index (χ2n) is 3.59. The minimum Gasteiger partial charge on any atom is -0.481 e. The first kappa shape index (κ1) is 16.3. The lowest BCUT2D eigenvalue weighted by molar-refractivity contribution is -0.137. The number of aliphatic carboxylic acids is 1. The number of carboxylic acids is 1. The van der Waals surface area contributed by atoms with E-state index in [4.69, 9.17) is 9.84 Å². The van der Waals surface area contributed by atoms with E-state index >= 15 is 0 Å². The zero-order valence-electron chi connectivity index (χ0n) is 10.1. The molecule has 0 spiro atoms. The highest BCUT2D eigenvalue weighted by molar-refractivity contribution is 7.87. The van der Waals surface area contributed by atoms with Crippen molar-refractivity contribution in [3.63, 3.8) is 0 Å². The Bertz CT molecular complexity index is 317. The van der Waals surface area contributed by atoms with E-state index in [9.17, 15) is 13.2 Å².